The van der Waals surface area contributed by atoms with Gasteiger partial charge in [0.2, 0.25) is 5.95 Å². The van der Waals surface area contributed by atoms with Gasteiger partial charge in [-0.15, -0.1) is 0 Å². The Bertz CT molecular complexity index is 896. The number of aromatic amines is 1. The number of hydrogen-bond donors (Lipinski definition) is 1. The zero-order chi connectivity index (χ0) is 20.5. The molecule has 1 fully saturated rings. The van der Waals surface area contributed by atoms with Gasteiger partial charge in [0.05, 0.1) is 17.9 Å². The maximum atomic E-state index is 12.7. The van der Waals surface area contributed by atoms with Gasteiger partial charge in [0.1, 0.15) is 0 Å². The van der Waals surface area contributed by atoms with E-state index in [2.05, 4.69) is 66.7 Å². The Balaban J connectivity index is 1.50. The molecule has 1 aromatic carbocycles. The van der Waals surface area contributed by atoms with Gasteiger partial charge in [-0.3, -0.25) is 14.7 Å². The molecular formula is C23H32N4O2. The molecule has 0 amide bonds. The van der Waals surface area contributed by atoms with Gasteiger partial charge >= 0.3 is 0 Å². The van der Waals surface area contributed by atoms with Crippen LogP contribution in [0, 0.1) is 0 Å². The molecule has 156 valence electrons. The van der Waals surface area contributed by atoms with Gasteiger partial charge in [-0.05, 0) is 37.3 Å². The Morgan fingerprint density at radius 2 is 1.86 bits per heavy atom. The first-order valence-electron chi connectivity index (χ1n) is 10.7. The molecule has 6 nitrogen and oxygen atoms in total. The summed E-state index contributed by atoms with van der Waals surface area (Å²) in [5.41, 5.74) is 4.44. The summed E-state index contributed by atoms with van der Waals surface area (Å²) in [4.78, 5) is 25.1. The Hall–Kier alpha value is -2.18. The number of ether oxygens (including phenoxy) is 1. The number of nitrogens with one attached hydrogen (secondary N) is 1. The van der Waals surface area contributed by atoms with E-state index in [0.717, 1.165) is 43.9 Å². The van der Waals surface area contributed by atoms with Gasteiger partial charge in [-0.1, -0.05) is 38.1 Å². The summed E-state index contributed by atoms with van der Waals surface area (Å²) in [6, 6.07) is 8.88. The largest absolute Gasteiger partial charge is 0.372 e. The van der Waals surface area contributed by atoms with Crippen LogP contribution >= 0.6 is 0 Å². The molecule has 0 bridgehead atoms. The summed E-state index contributed by atoms with van der Waals surface area (Å²) < 4.78 is 5.82. The van der Waals surface area contributed by atoms with Crippen LogP contribution in [-0.2, 0) is 24.2 Å². The Morgan fingerprint density at radius 1 is 1.17 bits per heavy atom. The van der Waals surface area contributed by atoms with Gasteiger partial charge in [0, 0.05) is 38.3 Å². The van der Waals surface area contributed by atoms with Gasteiger partial charge < -0.3 is 9.64 Å². The molecule has 2 unspecified atom stereocenters. The molecule has 2 atom stereocenters. The maximum absolute atomic E-state index is 12.7. The molecule has 3 heterocycles. The van der Waals surface area contributed by atoms with E-state index in [0.29, 0.717) is 18.4 Å². The Labute approximate surface area is 172 Å². The van der Waals surface area contributed by atoms with E-state index in [4.69, 9.17) is 9.72 Å². The van der Waals surface area contributed by atoms with Gasteiger partial charge in [0.25, 0.3) is 5.56 Å². The lowest BCUT2D eigenvalue weighted by Crippen LogP contribution is -2.47. The fraction of sp³-hybridized carbons (Fsp3) is 0.565. The van der Waals surface area contributed by atoms with Crippen LogP contribution in [0.3, 0.4) is 0 Å². The lowest BCUT2D eigenvalue weighted by Gasteiger charge is -2.36. The summed E-state index contributed by atoms with van der Waals surface area (Å²) >= 11 is 0. The number of anilines is 1. The molecule has 1 aromatic heterocycles. The van der Waals surface area contributed by atoms with Crippen molar-refractivity contribution < 1.29 is 4.74 Å². The van der Waals surface area contributed by atoms with Crippen molar-refractivity contribution in [2.45, 2.75) is 65.3 Å². The van der Waals surface area contributed by atoms with Crippen molar-refractivity contribution >= 4 is 5.95 Å². The molecule has 0 radical (unpaired) electrons. The SMILES string of the molecule is CC1CN(c2nc3c(c(=O)[nH]2)CCN(Cc2ccc(C(C)C)cc2)C3)CC(C)O1. The molecule has 1 N–H and O–H groups in total. The number of fused-ring (bicyclic) bond motifs is 1. The van der Waals surface area contributed by atoms with E-state index in [9.17, 15) is 4.79 Å². The van der Waals surface area contributed by atoms with Gasteiger partial charge in [0.15, 0.2) is 0 Å². The highest BCUT2D eigenvalue weighted by Crippen LogP contribution is 2.22. The third-order valence-electron chi connectivity index (χ3n) is 5.91. The number of rotatable bonds is 4. The first-order valence-corrected chi connectivity index (χ1v) is 10.7. The van der Waals surface area contributed by atoms with Crippen molar-refractivity contribution in [1.82, 2.24) is 14.9 Å². The van der Waals surface area contributed by atoms with Crippen LogP contribution < -0.4 is 10.5 Å². The van der Waals surface area contributed by atoms with Gasteiger partial charge in [-0.2, -0.15) is 0 Å². The predicted octanol–water partition coefficient (Wildman–Crippen LogP) is 3.07. The highest BCUT2D eigenvalue weighted by Gasteiger charge is 2.27. The zero-order valence-electron chi connectivity index (χ0n) is 17.9. The van der Waals surface area contributed by atoms with E-state index in [-0.39, 0.29) is 17.8 Å². The topological polar surface area (TPSA) is 61.5 Å². The second kappa shape index (κ2) is 8.28. The number of hydrogen-bond acceptors (Lipinski definition) is 5. The third kappa shape index (κ3) is 4.54. The molecule has 4 rings (SSSR count). The van der Waals surface area contributed by atoms with Crippen molar-refractivity contribution in [3.63, 3.8) is 0 Å². The number of morpholine rings is 1. The fourth-order valence-corrected chi connectivity index (χ4v) is 4.38. The van der Waals surface area contributed by atoms with Gasteiger partial charge in [-0.25, -0.2) is 4.98 Å². The van der Waals surface area contributed by atoms with Crippen LogP contribution in [0.4, 0.5) is 5.95 Å². The molecule has 2 aliphatic heterocycles. The first kappa shape index (κ1) is 20.1. The highest BCUT2D eigenvalue weighted by molar-refractivity contribution is 5.35. The van der Waals surface area contributed by atoms with E-state index in [1.807, 2.05) is 0 Å². The first-order chi connectivity index (χ1) is 13.9. The molecule has 0 spiro atoms. The third-order valence-corrected chi connectivity index (χ3v) is 5.91. The summed E-state index contributed by atoms with van der Waals surface area (Å²) in [5, 5.41) is 0. The molecule has 29 heavy (non-hydrogen) atoms. The monoisotopic (exact) mass is 396 g/mol. The normalized spacial score (nSPS) is 22.7. The van der Waals surface area contributed by atoms with Crippen LogP contribution in [0.5, 0.6) is 0 Å². The molecule has 0 saturated carbocycles. The number of nitrogens with zero attached hydrogens (tertiary/aromatic N) is 3. The van der Waals surface area contributed by atoms with Crippen LogP contribution in [0.1, 0.15) is 56.0 Å². The quantitative estimate of drug-likeness (QED) is 0.861. The highest BCUT2D eigenvalue weighted by atomic mass is 16.5. The number of H-pyrrole nitrogens is 1. The van der Waals surface area contributed by atoms with Crippen molar-refractivity contribution in [3.05, 3.63) is 57.0 Å². The molecule has 1 saturated heterocycles. The average Bonchev–Trinajstić information content (AvgIpc) is 2.67. The summed E-state index contributed by atoms with van der Waals surface area (Å²) in [5.74, 6) is 1.23. The van der Waals surface area contributed by atoms with Crippen molar-refractivity contribution in [1.29, 1.82) is 0 Å². The minimum Gasteiger partial charge on any atom is -0.372 e. The fourth-order valence-electron chi connectivity index (χ4n) is 4.38. The lowest BCUT2D eigenvalue weighted by atomic mass is 10.0. The minimum atomic E-state index is 0.0118. The summed E-state index contributed by atoms with van der Waals surface area (Å²) in [6.07, 6.45) is 1.01. The van der Waals surface area contributed by atoms with Crippen molar-refractivity contribution in [3.8, 4) is 0 Å². The zero-order valence-corrected chi connectivity index (χ0v) is 17.9. The van der Waals surface area contributed by atoms with E-state index in [1.165, 1.54) is 11.1 Å². The molecule has 2 aromatic rings. The number of benzene rings is 1. The Morgan fingerprint density at radius 3 is 2.52 bits per heavy atom. The smallest absolute Gasteiger partial charge is 0.255 e. The minimum absolute atomic E-state index is 0.0118. The molecule has 0 aliphatic carbocycles. The van der Waals surface area contributed by atoms with E-state index < -0.39 is 0 Å². The standard InChI is InChI=1S/C23H32N4O2/c1-15(2)19-7-5-18(6-8-19)13-26-10-9-20-21(14-26)24-23(25-22(20)28)27-11-16(3)29-17(4)12-27/h5-8,15-17H,9-14H2,1-4H3,(H,24,25,28). The van der Waals surface area contributed by atoms with Crippen LogP contribution in [0.25, 0.3) is 0 Å². The molecule has 6 heteroatoms. The van der Waals surface area contributed by atoms with Crippen LogP contribution in [0.15, 0.2) is 29.1 Å². The van der Waals surface area contributed by atoms with E-state index >= 15 is 0 Å². The van der Waals surface area contributed by atoms with E-state index in [1.54, 1.807) is 0 Å². The van der Waals surface area contributed by atoms with Crippen LogP contribution in [0.2, 0.25) is 0 Å². The van der Waals surface area contributed by atoms with Crippen molar-refractivity contribution in [2.24, 2.45) is 0 Å². The second-order valence-corrected chi connectivity index (χ2v) is 8.83. The molecule has 2 aliphatic rings. The average molecular weight is 397 g/mol. The Kier molecular flexibility index (Phi) is 5.74. The lowest BCUT2D eigenvalue weighted by molar-refractivity contribution is -0.00576. The summed E-state index contributed by atoms with van der Waals surface area (Å²) in [6.45, 7) is 12.5. The second-order valence-electron chi connectivity index (χ2n) is 8.83. The van der Waals surface area contributed by atoms with Crippen molar-refractivity contribution in [2.75, 3.05) is 24.5 Å². The number of aromatic nitrogens is 2. The summed E-state index contributed by atoms with van der Waals surface area (Å²) in [7, 11) is 0. The maximum Gasteiger partial charge on any atom is 0.255 e. The predicted molar refractivity (Wildman–Crippen MR) is 115 cm³/mol. The van der Waals surface area contributed by atoms with Crippen LogP contribution in [-0.4, -0.2) is 46.7 Å². The molecular weight excluding hydrogens is 364 g/mol.